The monoisotopic (exact) mass is 433 g/mol. The van der Waals surface area contributed by atoms with Gasteiger partial charge in [-0.1, -0.05) is 60.7 Å². The quantitative estimate of drug-likeness (QED) is 0.598. The summed E-state index contributed by atoms with van der Waals surface area (Å²) in [6.07, 6.45) is 6.19. The molecule has 5 heteroatoms. The largest absolute Gasteiger partial charge is 0.341 e. The number of nitrogens with zero attached hydrogens (tertiary/aromatic N) is 3. The van der Waals surface area contributed by atoms with Crippen molar-refractivity contribution in [2.24, 2.45) is 5.92 Å². The van der Waals surface area contributed by atoms with Gasteiger partial charge in [0, 0.05) is 32.3 Å². The number of rotatable bonds is 8. The molecule has 0 aliphatic carbocycles. The van der Waals surface area contributed by atoms with Gasteiger partial charge in [0.1, 0.15) is 0 Å². The Kier molecular flexibility index (Phi) is 8.63. The first-order valence-corrected chi connectivity index (χ1v) is 11.4. The van der Waals surface area contributed by atoms with Crippen molar-refractivity contribution in [3.8, 4) is 0 Å². The van der Waals surface area contributed by atoms with Gasteiger partial charge in [-0.05, 0) is 56.5 Å². The van der Waals surface area contributed by atoms with Gasteiger partial charge in [-0.15, -0.1) is 0 Å². The SMILES string of the molecule is CN(C)CC(=O)N(C)C(Cc1ccccc1)C1CCN(C(=O)C=Cc2ccccc2)CC1. The second-order valence-electron chi connectivity index (χ2n) is 8.91. The van der Waals surface area contributed by atoms with Crippen LogP contribution in [0.1, 0.15) is 24.0 Å². The first-order chi connectivity index (χ1) is 15.4. The van der Waals surface area contributed by atoms with Crippen molar-refractivity contribution >= 4 is 17.9 Å². The van der Waals surface area contributed by atoms with Gasteiger partial charge in [-0.2, -0.15) is 0 Å². The molecule has 0 aromatic heterocycles. The fourth-order valence-corrected chi connectivity index (χ4v) is 4.38. The molecule has 2 amide bonds. The zero-order valence-electron chi connectivity index (χ0n) is 19.5. The summed E-state index contributed by atoms with van der Waals surface area (Å²) < 4.78 is 0. The molecule has 1 aliphatic rings. The van der Waals surface area contributed by atoms with Gasteiger partial charge in [0.05, 0.1) is 6.54 Å². The highest BCUT2D eigenvalue weighted by molar-refractivity contribution is 5.91. The molecule has 2 aromatic carbocycles. The average molecular weight is 434 g/mol. The molecule has 1 fully saturated rings. The number of likely N-dealkylation sites (tertiary alicyclic amines) is 1. The minimum absolute atomic E-state index is 0.0592. The van der Waals surface area contributed by atoms with Crippen molar-refractivity contribution in [1.29, 1.82) is 0 Å². The number of carbonyl (C=O) groups excluding carboxylic acids is 2. The Morgan fingerprint density at radius 1 is 0.969 bits per heavy atom. The summed E-state index contributed by atoms with van der Waals surface area (Å²) in [6.45, 7) is 1.86. The van der Waals surface area contributed by atoms with Crippen molar-refractivity contribution in [1.82, 2.24) is 14.7 Å². The number of hydrogen-bond acceptors (Lipinski definition) is 3. The molecule has 1 aliphatic heterocycles. The Labute approximate surface area is 192 Å². The van der Waals surface area contributed by atoms with Gasteiger partial charge in [0.2, 0.25) is 11.8 Å². The van der Waals surface area contributed by atoms with Crippen LogP contribution in [-0.4, -0.2) is 73.3 Å². The van der Waals surface area contributed by atoms with E-state index in [1.165, 1.54) is 5.56 Å². The molecular formula is C27H35N3O2. The second-order valence-corrected chi connectivity index (χ2v) is 8.91. The molecule has 0 bridgehead atoms. The van der Waals surface area contributed by atoms with Gasteiger partial charge in [-0.3, -0.25) is 9.59 Å². The lowest BCUT2D eigenvalue weighted by Gasteiger charge is -2.40. The lowest BCUT2D eigenvalue weighted by Crippen LogP contribution is -2.50. The van der Waals surface area contributed by atoms with Crippen LogP contribution in [0.15, 0.2) is 66.7 Å². The fourth-order valence-electron chi connectivity index (χ4n) is 4.38. The van der Waals surface area contributed by atoms with Crippen LogP contribution in [0.4, 0.5) is 0 Å². The van der Waals surface area contributed by atoms with Crippen molar-refractivity contribution in [2.45, 2.75) is 25.3 Å². The van der Waals surface area contributed by atoms with Gasteiger partial charge < -0.3 is 14.7 Å². The topological polar surface area (TPSA) is 43.9 Å². The summed E-state index contributed by atoms with van der Waals surface area (Å²) in [5, 5.41) is 0. The standard InChI is InChI=1S/C27H35N3O2/c1-28(2)21-27(32)29(3)25(20-23-12-8-5-9-13-23)24-16-18-30(19-17-24)26(31)15-14-22-10-6-4-7-11-22/h4-15,24-25H,16-21H2,1-3H3. The Balaban J connectivity index is 1.64. The summed E-state index contributed by atoms with van der Waals surface area (Å²) >= 11 is 0. The fraction of sp³-hybridized carbons (Fsp3) is 0.407. The molecule has 3 rings (SSSR count). The molecule has 170 valence electrons. The van der Waals surface area contributed by atoms with Crippen LogP contribution in [0, 0.1) is 5.92 Å². The summed E-state index contributed by atoms with van der Waals surface area (Å²) in [4.78, 5) is 31.3. The van der Waals surface area contributed by atoms with E-state index in [0.717, 1.165) is 37.9 Å². The first-order valence-electron chi connectivity index (χ1n) is 11.4. The highest BCUT2D eigenvalue weighted by Gasteiger charge is 2.32. The summed E-state index contributed by atoms with van der Waals surface area (Å²) in [5.74, 6) is 0.567. The highest BCUT2D eigenvalue weighted by atomic mass is 16.2. The minimum Gasteiger partial charge on any atom is -0.341 e. The number of amides is 2. The second kappa shape index (κ2) is 11.6. The third-order valence-electron chi connectivity index (χ3n) is 6.24. The van der Waals surface area contributed by atoms with Crippen LogP contribution < -0.4 is 0 Å². The van der Waals surface area contributed by atoms with Crippen LogP contribution in [0.3, 0.4) is 0 Å². The maximum absolute atomic E-state index is 12.8. The van der Waals surface area contributed by atoms with Gasteiger partial charge in [-0.25, -0.2) is 0 Å². The third-order valence-corrected chi connectivity index (χ3v) is 6.24. The van der Waals surface area contributed by atoms with Crippen molar-refractivity contribution in [3.05, 3.63) is 77.9 Å². The van der Waals surface area contributed by atoms with Crippen molar-refractivity contribution < 1.29 is 9.59 Å². The number of piperidine rings is 1. The Morgan fingerprint density at radius 2 is 1.56 bits per heavy atom. The Bertz CT molecular complexity index is 888. The van der Waals surface area contributed by atoms with Crippen LogP contribution in [0.2, 0.25) is 0 Å². The number of likely N-dealkylation sites (N-methyl/N-ethyl adjacent to an activating group) is 2. The van der Waals surface area contributed by atoms with E-state index in [1.54, 1.807) is 6.08 Å². The Morgan fingerprint density at radius 3 is 2.16 bits per heavy atom. The van der Waals surface area contributed by atoms with Crippen LogP contribution in [0.5, 0.6) is 0 Å². The van der Waals surface area contributed by atoms with Crippen LogP contribution in [0.25, 0.3) is 6.08 Å². The first kappa shape index (κ1) is 23.7. The Hall–Kier alpha value is -2.92. The molecule has 1 heterocycles. The molecule has 1 saturated heterocycles. The smallest absolute Gasteiger partial charge is 0.246 e. The molecule has 5 nitrogen and oxygen atoms in total. The van der Waals surface area contributed by atoms with E-state index in [-0.39, 0.29) is 17.9 Å². The van der Waals surface area contributed by atoms with E-state index in [9.17, 15) is 9.59 Å². The maximum Gasteiger partial charge on any atom is 0.246 e. The zero-order valence-corrected chi connectivity index (χ0v) is 19.5. The zero-order chi connectivity index (χ0) is 22.9. The van der Waals surface area contributed by atoms with Crippen LogP contribution >= 0.6 is 0 Å². The average Bonchev–Trinajstić information content (AvgIpc) is 2.81. The van der Waals surface area contributed by atoms with E-state index >= 15 is 0 Å². The number of hydrogen-bond donors (Lipinski definition) is 0. The van der Waals surface area contributed by atoms with Crippen LogP contribution in [-0.2, 0) is 16.0 Å². The molecule has 0 saturated carbocycles. The highest BCUT2D eigenvalue weighted by Crippen LogP contribution is 2.27. The molecule has 32 heavy (non-hydrogen) atoms. The molecule has 0 spiro atoms. The summed E-state index contributed by atoms with van der Waals surface area (Å²) in [7, 11) is 5.77. The normalized spacial score (nSPS) is 15.8. The molecule has 2 aromatic rings. The predicted octanol–water partition coefficient (Wildman–Crippen LogP) is 3.57. The molecular weight excluding hydrogens is 398 g/mol. The molecule has 1 atom stereocenters. The molecule has 0 radical (unpaired) electrons. The third kappa shape index (κ3) is 6.79. The van der Waals surface area contributed by atoms with E-state index in [4.69, 9.17) is 0 Å². The lowest BCUT2D eigenvalue weighted by atomic mass is 9.85. The van der Waals surface area contributed by atoms with Gasteiger partial charge in [0.25, 0.3) is 0 Å². The summed E-state index contributed by atoms with van der Waals surface area (Å²) in [5.41, 5.74) is 2.27. The number of carbonyl (C=O) groups is 2. The molecule has 0 N–H and O–H groups in total. The number of benzene rings is 2. The minimum atomic E-state index is 0.0592. The summed E-state index contributed by atoms with van der Waals surface area (Å²) in [6, 6.07) is 20.4. The molecule has 1 unspecified atom stereocenters. The van der Waals surface area contributed by atoms with Crippen molar-refractivity contribution in [3.63, 3.8) is 0 Å². The van der Waals surface area contributed by atoms with E-state index in [0.29, 0.717) is 12.5 Å². The van der Waals surface area contributed by atoms with Gasteiger partial charge >= 0.3 is 0 Å². The van der Waals surface area contributed by atoms with E-state index in [1.807, 2.05) is 90.4 Å². The van der Waals surface area contributed by atoms with E-state index in [2.05, 4.69) is 12.1 Å². The van der Waals surface area contributed by atoms with Crippen molar-refractivity contribution in [2.75, 3.05) is 40.8 Å². The van der Waals surface area contributed by atoms with Gasteiger partial charge in [0.15, 0.2) is 0 Å². The van der Waals surface area contributed by atoms with E-state index < -0.39 is 0 Å². The maximum atomic E-state index is 12.8. The lowest BCUT2D eigenvalue weighted by molar-refractivity contribution is -0.135. The predicted molar refractivity (Wildman–Crippen MR) is 130 cm³/mol.